The van der Waals surface area contributed by atoms with E-state index in [1.807, 2.05) is 36.5 Å². The first-order valence-electron chi connectivity index (χ1n) is 9.84. The molecule has 156 valence electrons. The fourth-order valence-corrected chi connectivity index (χ4v) is 4.21. The maximum absolute atomic E-state index is 12.5. The van der Waals surface area contributed by atoms with Gasteiger partial charge in [-0.05, 0) is 42.7 Å². The second kappa shape index (κ2) is 9.13. The molecular weight excluding hydrogens is 400 g/mol. The Hall–Kier alpha value is -3.13. The van der Waals surface area contributed by atoms with Crippen molar-refractivity contribution >= 4 is 23.1 Å². The number of carbonyl (C=O) groups is 1. The average molecular weight is 425 g/mol. The second-order valence-electron chi connectivity index (χ2n) is 7.01. The Labute approximate surface area is 179 Å². The van der Waals surface area contributed by atoms with Crippen molar-refractivity contribution in [2.45, 2.75) is 19.4 Å². The van der Waals surface area contributed by atoms with Gasteiger partial charge in [0.25, 0.3) is 5.91 Å². The lowest BCUT2D eigenvalue weighted by molar-refractivity contribution is 0.0946. The first kappa shape index (κ1) is 20.2. The van der Waals surface area contributed by atoms with Crippen molar-refractivity contribution in [1.82, 2.24) is 15.3 Å². The smallest absolute Gasteiger partial charge is 0.271 e. The van der Waals surface area contributed by atoms with Gasteiger partial charge in [-0.2, -0.15) is 0 Å². The van der Waals surface area contributed by atoms with Crippen LogP contribution in [-0.4, -0.2) is 43.2 Å². The van der Waals surface area contributed by atoms with Crippen LogP contribution in [0, 0.1) is 0 Å². The molecule has 3 aromatic rings. The molecule has 1 fully saturated rings. The molecule has 30 heavy (non-hydrogen) atoms. The van der Waals surface area contributed by atoms with Gasteiger partial charge in [0.2, 0.25) is 0 Å². The maximum Gasteiger partial charge on any atom is 0.271 e. The van der Waals surface area contributed by atoms with Gasteiger partial charge in [-0.1, -0.05) is 6.07 Å². The third-order valence-corrected chi connectivity index (χ3v) is 5.95. The van der Waals surface area contributed by atoms with E-state index in [0.717, 1.165) is 35.0 Å². The Morgan fingerprint density at radius 2 is 1.93 bits per heavy atom. The molecule has 4 rings (SSSR count). The molecule has 3 heterocycles. The van der Waals surface area contributed by atoms with Gasteiger partial charge in [0.05, 0.1) is 14.2 Å². The molecule has 0 radical (unpaired) electrons. The predicted molar refractivity (Wildman–Crippen MR) is 118 cm³/mol. The molecule has 1 aliphatic rings. The Kier molecular flexibility index (Phi) is 6.13. The van der Waals surface area contributed by atoms with Crippen molar-refractivity contribution in [2.24, 2.45) is 0 Å². The highest BCUT2D eigenvalue weighted by Crippen LogP contribution is 2.28. The number of carbonyl (C=O) groups excluding carboxylic acids is 1. The van der Waals surface area contributed by atoms with E-state index in [0.29, 0.717) is 23.7 Å². The molecule has 0 aliphatic carbocycles. The van der Waals surface area contributed by atoms with Crippen LogP contribution >= 0.6 is 11.3 Å². The summed E-state index contributed by atoms with van der Waals surface area (Å²) in [6.45, 7) is 2.50. The molecule has 0 unspecified atom stereocenters. The number of thiazole rings is 1. The molecule has 1 aromatic carbocycles. The zero-order chi connectivity index (χ0) is 20.9. The summed E-state index contributed by atoms with van der Waals surface area (Å²) < 4.78 is 10.5. The molecule has 0 spiro atoms. The minimum absolute atomic E-state index is 0.214. The highest BCUT2D eigenvalue weighted by Gasteiger charge is 2.15. The quantitative estimate of drug-likeness (QED) is 0.623. The Bertz CT molecular complexity index is 1010. The second-order valence-corrected chi connectivity index (χ2v) is 7.87. The Balaban J connectivity index is 1.39. The first-order valence-corrected chi connectivity index (χ1v) is 10.7. The number of nitrogens with zero attached hydrogens (tertiary/aromatic N) is 3. The predicted octanol–water partition coefficient (Wildman–Crippen LogP) is 3.75. The maximum atomic E-state index is 12.5. The lowest BCUT2D eigenvalue weighted by atomic mass is 10.2. The fraction of sp³-hybridized carbons (Fsp3) is 0.318. The highest BCUT2D eigenvalue weighted by atomic mass is 32.1. The van der Waals surface area contributed by atoms with E-state index in [1.165, 1.54) is 24.2 Å². The van der Waals surface area contributed by atoms with Crippen LogP contribution in [0.25, 0.3) is 10.6 Å². The van der Waals surface area contributed by atoms with Gasteiger partial charge in [-0.15, -0.1) is 11.3 Å². The number of rotatable bonds is 7. The van der Waals surface area contributed by atoms with Crippen molar-refractivity contribution in [3.63, 3.8) is 0 Å². The van der Waals surface area contributed by atoms with Crippen molar-refractivity contribution in [2.75, 3.05) is 32.2 Å². The third-order valence-electron chi connectivity index (χ3n) is 5.06. The molecule has 1 N–H and O–H groups in total. The van der Waals surface area contributed by atoms with Gasteiger partial charge >= 0.3 is 0 Å². The molecule has 2 aromatic heterocycles. The summed E-state index contributed by atoms with van der Waals surface area (Å²) >= 11 is 1.44. The van der Waals surface area contributed by atoms with Gasteiger partial charge in [0.1, 0.15) is 16.5 Å². The lowest BCUT2D eigenvalue weighted by Gasteiger charge is -2.15. The molecule has 8 heteroatoms. The molecule has 1 aliphatic heterocycles. The first-order chi connectivity index (χ1) is 14.7. The number of methoxy groups -OCH3 is 2. The van der Waals surface area contributed by atoms with Crippen LogP contribution in [-0.2, 0) is 6.54 Å². The molecular formula is C22H24N4O3S. The number of ether oxygens (including phenoxy) is 2. The number of nitrogens with one attached hydrogen (secondary N) is 1. The average Bonchev–Trinajstić information content (AvgIpc) is 3.50. The van der Waals surface area contributed by atoms with Crippen LogP contribution in [0.3, 0.4) is 0 Å². The van der Waals surface area contributed by atoms with Gasteiger partial charge < -0.3 is 19.7 Å². The van der Waals surface area contributed by atoms with Crippen molar-refractivity contribution in [1.29, 1.82) is 0 Å². The number of aromatic nitrogens is 2. The zero-order valence-electron chi connectivity index (χ0n) is 17.1. The number of amides is 1. The van der Waals surface area contributed by atoms with E-state index >= 15 is 0 Å². The standard InChI is InChI=1S/C22H24N4O3S/c1-28-18-7-5-15(11-19(18)29-2)12-24-21(27)17-14-30-22(25-17)16-6-8-20(23-13-16)26-9-3-4-10-26/h5-8,11,13-14H,3-4,9-10,12H2,1-2H3,(H,24,27). The summed E-state index contributed by atoms with van der Waals surface area (Å²) in [4.78, 5) is 23.9. The summed E-state index contributed by atoms with van der Waals surface area (Å²) in [5, 5.41) is 5.46. The lowest BCUT2D eigenvalue weighted by Crippen LogP contribution is -2.23. The number of anilines is 1. The summed E-state index contributed by atoms with van der Waals surface area (Å²) in [5.41, 5.74) is 2.24. The van der Waals surface area contributed by atoms with Crippen LogP contribution in [0.2, 0.25) is 0 Å². The van der Waals surface area contributed by atoms with E-state index in [1.54, 1.807) is 19.6 Å². The van der Waals surface area contributed by atoms with E-state index in [-0.39, 0.29) is 5.91 Å². The number of pyridine rings is 1. The zero-order valence-corrected chi connectivity index (χ0v) is 17.9. The van der Waals surface area contributed by atoms with Crippen molar-refractivity contribution in [3.8, 4) is 22.1 Å². The normalized spacial score (nSPS) is 13.3. The Morgan fingerprint density at radius 3 is 2.63 bits per heavy atom. The molecule has 7 nitrogen and oxygen atoms in total. The van der Waals surface area contributed by atoms with Gasteiger partial charge in [0, 0.05) is 36.8 Å². The van der Waals surface area contributed by atoms with Crippen LogP contribution in [0.4, 0.5) is 5.82 Å². The van der Waals surface area contributed by atoms with E-state index < -0.39 is 0 Å². The summed E-state index contributed by atoms with van der Waals surface area (Å²) in [6.07, 6.45) is 4.27. The summed E-state index contributed by atoms with van der Waals surface area (Å²) in [5.74, 6) is 2.07. The van der Waals surface area contributed by atoms with Crippen LogP contribution in [0.5, 0.6) is 11.5 Å². The number of benzene rings is 1. The van der Waals surface area contributed by atoms with Crippen molar-refractivity contribution < 1.29 is 14.3 Å². The van der Waals surface area contributed by atoms with Crippen LogP contribution in [0.15, 0.2) is 41.9 Å². The topological polar surface area (TPSA) is 76.6 Å². The highest BCUT2D eigenvalue weighted by molar-refractivity contribution is 7.13. The fourth-order valence-electron chi connectivity index (χ4n) is 3.42. The van der Waals surface area contributed by atoms with Gasteiger partial charge in [0.15, 0.2) is 11.5 Å². The largest absolute Gasteiger partial charge is 0.493 e. The van der Waals surface area contributed by atoms with Gasteiger partial charge in [-0.25, -0.2) is 9.97 Å². The number of hydrogen-bond donors (Lipinski definition) is 1. The van der Waals surface area contributed by atoms with Crippen LogP contribution in [0.1, 0.15) is 28.9 Å². The summed E-state index contributed by atoms with van der Waals surface area (Å²) in [7, 11) is 3.18. The summed E-state index contributed by atoms with van der Waals surface area (Å²) in [6, 6.07) is 9.60. The molecule has 0 atom stereocenters. The SMILES string of the molecule is COc1ccc(CNC(=O)c2csc(-c3ccc(N4CCCC4)nc3)n2)cc1OC. The van der Waals surface area contributed by atoms with Crippen LogP contribution < -0.4 is 19.7 Å². The third kappa shape index (κ3) is 4.38. The van der Waals surface area contributed by atoms with E-state index in [2.05, 4.69) is 20.2 Å². The van der Waals surface area contributed by atoms with E-state index in [4.69, 9.17) is 9.47 Å². The van der Waals surface area contributed by atoms with E-state index in [9.17, 15) is 4.79 Å². The molecule has 1 amide bonds. The number of hydrogen-bond acceptors (Lipinski definition) is 7. The molecule has 0 bridgehead atoms. The van der Waals surface area contributed by atoms with Gasteiger partial charge in [-0.3, -0.25) is 4.79 Å². The molecule has 0 saturated carbocycles. The Morgan fingerprint density at radius 1 is 1.13 bits per heavy atom. The molecule has 1 saturated heterocycles. The van der Waals surface area contributed by atoms with Crippen molar-refractivity contribution in [3.05, 3.63) is 53.2 Å². The minimum atomic E-state index is -0.214. The monoisotopic (exact) mass is 424 g/mol. The minimum Gasteiger partial charge on any atom is -0.493 e.